The highest BCUT2D eigenvalue weighted by molar-refractivity contribution is 8.02. The highest BCUT2D eigenvalue weighted by atomic mass is 32.2. The summed E-state index contributed by atoms with van der Waals surface area (Å²) in [4.78, 5) is 1.20. The van der Waals surface area contributed by atoms with Crippen molar-refractivity contribution >= 4 is 34.9 Å². The summed E-state index contributed by atoms with van der Waals surface area (Å²) >= 11 is 2.99. The van der Waals surface area contributed by atoms with Crippen molar-refractivity contribution in [3.05, 3.63) is 47.3 Å². The second-order valence-electron chi connectivity index (χ2n) is 6.22. The van der Waals surface area contributed by atoms with Crippen molar-refractivity contribution in [1.29, 1.82) is 10.5 Å². The summed E-state index contributed by atoms with van der Waals surface area (Å²) in [5.41, 5.74) is 1.23. The normalized spacial score (nSPS) is 10.3. The second-order valence-corrected chi connectivity index (χ2v) is 8.43. The van der Waals surface area contributed by atoms with E-state index in [9.17, 15) is 10.5 Å². The minimum Gasteiger partial charge on any atom is -0.353 e. The molecule has 0 amide bonds. The van der Waals surface area contributed by atoms with E-state index in [2.05, 4.69) is 25.2 Å². The lowest BCUT2D eigenvalue weighted by atomic mass is 10.1. The molecule has 2 aromatic rings. The maximum absolute atomic E-state index is 15.2. The molecule has 28 heavy (non-hydrogen) atoms. The summed E-state index contributed by atoms with van der Waals surface area (Å²) in [6.45, 7) is 4.20. The Hall–Kier alpha value is -2.15. The van der Waals surface area contributed by atoms with Crippen molar-refractivity contribution in [2.24, 2.45) is 0 Å². The Labute approximate surface area is 175 Å². The molecule has 0 saturated carbocycles. The topological polar surface area (TPSA) is 59.6 Å². The molecule has 0 spiro atoms. The van der Waals surface area contributed by atoms with Crippen LogP contribution >= 0.6 is 23.5 Å². The van der Waals surface area contributed by atoms with Crippen LogP contribution < -0.4 is 5.32 Å². The van der Waals surface area contributed by atoms with Gasteiger partial charge in [0.25, 0.3) is 0 Å². The van der Waals surface area contributed by atoms with E-state index in [0.29, 0.717) is 10.6 Å². The first-order valence-electron chi connectivity index (χ1n) is 9.45. The molecule has 0 aliphatic heterocycles. The first kappa shape index (κ1) is 22.1. The van der Waals surface area contributed by atoms with Gasteiger partial charge in [-0.25, -0.2) is 4.39 Å². The molecule has 0 saturated heterocycles. The number of nitrogens with one attached hydrogen (secondary N) is 1. The molecule has 0 bridgehead atoms. The van der Waals surface area contributed by atoms with Gasteiger partial charge in [0.1, 0.15) is 17.7 Å². The largest absolute Gasteiger partial charge is 0.353 e. The van der Waals surface area contributed by atoms with Crippen molar-refractivity contribution < 1.29 is 4.39 Å². The van der Waals surface area contributed by atoms with E-state index in [-0.39, 0.29) is 11.1 Å². The predicted octanol–water partition coefficient (Wildman–Crippen LogP) is 7.10. The summed E-state index contributed by atoms with van der Waals surface area (Å²) < 4.78 is 15.2. The molecule has 6 heteroatoms. The number of thioether (sulfide) groups is 2. The SMILES string of the molecule is CCCCSc1c(F)c(C#N)c(C#N)c(Nc2ccccc2)c1SCCCC. The molecule has 0 fully saturated rings. The smallest absolute Gasteiger partial charge is 0.157 e. The van der Waals surface area contributed by atoms with Crippen LogP contribution in [0.5, 0.6) is 0 Å². The highest BCUT2D eigenvalue weighted by Crippen LogP contribution is 2.44. The lowest BCUT2D eigenvalue weighted by Crippen LogP contribution is -2.05. The molecule has 0 aromatic heterocycles. The average Bonchev–Trinajstić information content (AvgIpc) is 2.72. The van der Waals surface area contributed by atoms with Crippen LogP contribution in [0.4, 0.5) is 15.8 Å². The molecule has 0 aliphatic carbocycles. The van der Waals surface area contributed by atoms with Crippen molar-refractivity contribution in [3.8, 4) is 12.1 Å². The minimum absolute atomic E-state index is 0.0719. The van der Waals surface area contributed by atoms with Gasteiger partial charge in [-0.1, -0.05) is 44.9 Å². The lowest BCUT2D eigenvalue weighted by molar-refractivity contribution is 0.590. The van der Waals surface area contributed by atoms with Crippen molar-refractivity contribution in [1.82, 2.24) is 0 Å². The number of halogens is 1. The molecule has 146 valence electrons. The Kier molecular flexibility index (Phi) is 9.20. The van der Waals surface area contributed by atoms with E-state index in [0.717, 1.165) is 47.8 Å². The third kappa shape index (κ3) is 5.44. The Morgan fingerprint density at radius 3 is 2.00 bits per heavy atom. The number of nitriles is 2. The quantitative estimate of drug-likeness (QED) is 0.332. The van der Waals surface area contributed by atoms with Crippen LogP contribution in [0, 0.1) is 28.5 Å². The average molecular weight is 414 g/mol. The van der Waals surface area contributed by atoms with Crippen molar-refractivity contribution in [3.63, 3.8) is 0 Å². The molecule has 0 unspecified atom stereocenters. The van der Waals surface area contributed by atoms with Gasteiger partial charge in [0.15, 0.2) is 5.82 Å². The molecule has 0 heterocycles. The summed E-state index contributed by atoms with van der Waals surface area (Å²) in [6, 6.07) is 13.4. The Bertz CT molecular complexity index is 870. The van der Waals surface area contributed by atoms with Crippen LogP contribution in [0.2, 0.25) is 0 Å². The molecule has 0 aliphatic rings. The zero-order valence-corrected chi connectivity index (χ0v) is 17.9. The van der Waals surface area contributed by atoms with Crippen LogP contribution in [0.25, 0.3) is 0 Å². The van der Waals surface area contributed by atoms with Gasteiger partial charge in [0.2, 0.25) is 0 Å². The first-order chi connectivity index (χ1) is 13.7. The number of rotatable bonds is 10. The van der Waals surface area contributed by atoms with Gasteiger partial charge >= 0.3 is 0 Å². The Balaban J connectivity index is 2.63. The van der Waals surface area contributed by atoms with Gasteiger partial charge in [-0.2, -0.15) is 10.5 Å². The number of hydrogen-bond donors (Lipinski definition) is 1. The zero-order chi connectivity index (χ0) is 20.4. The summed E-state index contributed by atoms with van der Waals surface area (Å²) in [5, 5.41) is 22.5. The van der Waals surface area contributed by atoms with E-state index in [1.54, 1.807) is 11.8 Å². The van der Waals surface area contributed by atoms with Crippen LogP contribution in [-0.4, -0.2) is 11.5 Å². The predicted molar refractivity (Wildman–Crippen MR) is 117 cm³/mol. The Morgan fingerprint density at radius 1 is 0.893 bits per heavy atom. The van der Waals surface area contributed by atoms with E-state index < -0.39 is 5.82 Å². The van der Waals surface area contributed by atoms with Gasteiger partial charge in [0.05, 0.1) is 16.1 Å². The van der Waals surface area contributed by atoms with Gasteiger partial charge in [0, 0.05) is 10.6 Å². The summed E-state index contributed by atoms with van der Waals surface area (Å²) in [7, 11) is 0. The van der Waals surface area contributed by atoms with Crippen LogP contribution in [0.3, 0.4) is 0 Å². The maximum atomic E-state index is 15.2. The van der Waals surface area contributed by atoms with Crippen LogP contribution in [0.15, 0.2) is 40.1 Å². The molecular weight excluding hydrogens is 389 g/mol. The third-order valence-electron chi connectivity index (χ3n) is 4.11. The number of para-hydroxylation sites is 1. The zero-order valence-electron chi connectivity index (χ0n) is 16.2. The van der Waals surface area contributed by atoms with Crippen molar-refractivity contribution in [2.45, 2.75) is 49.3 Å². The van der Waals surface area contributed by atoms with Crippen LogP contribution in [0.1, 0.15) is 50.7 Å². The molecule has 3 nitrogen and oxygen atoms in total. The van der Waals surface area contributed by atoms with Gasteiger partial charge < -0.3 is 5.32 Å². The lowest BCUT2D eigenvalue weighted by Gasteiger charge is -2.19. The fourth-order valence-electron chi connectivity index (χ4n) is 2.58. The molecule has 2 rings (SSSR count). The van der Waals surface area contributed by atoms with Gasteiger partial charge in [-0.15, -0.1) is 23.5 Å². The fraction of sp³-hybridized carbons (Fsp3) is 0.364. The molecular formula is C22H24FN3S2. The van der Waals surface area contributed by atoms with Crippen LogP contribution in [-0.2, 0) is 0 Å². The summed E-state index contributed by atoms with van der Waals surface area (Å²) in [5.74, 6) is 1.03. The fourth-order valence-corrected chi connectivity index (χ4v) is 5.19. The highest BCUT2D eigenvalue weighted by Gasteiger charge is 2.25. The second kappa shape index (κ2) is 11.6. The third-order valence-corrected chi connectivity index (χ3v) is 6.59. The molecule has 2 aromatic carbocycles. The number of unbranched alkanes of at least 4 members (excludes halogenated alkanes) is 2. The van der Waals surface area contributed by atoms with Gasteiger partial charge in [-0.05, 0) is 36.5 Å². The number of hydrogen-bond acceptors (Lipinski definition) is 5. The number of nitrogens with zero attached hydrogens (tertiary/aromatic N) is 2. The van der Waals surface area contributed by atoms with E-state index >= 15 is 4.39 Å². The standard InChI is InChI=1S/C22H24FN3S2/c1-3-5-12-27-21-19(23)17(14-24)18(15-25)20(22(21)28-13-6-4-2)26-16-10-8-7-9-11-16/h7-11,26H,3-6,12-13H2,1-2H3. The monoisotopic (exact) mass is 413 g/mol. The molecule has 0 atom stereocenters. The minimum atomic E-state index is -0.572. The number of anilines is 2. The van der Waals surface area contributed by atoms with E-state index in [1.807, 2.05) is 36.4 Å². The van der Waals surface area contributed by atoms with Gasteiger partial charge in [-0.3, -0.25) is 0 Å². The molecule has 0 radical (unpaired) electrons. The Morgan fingerprint density at radius 2 is 1.46 bits per heavy atom. The van der Waals surface area contributed by atoms with E-state index in [1.165, 1.54) is 11.8 Å². The maximum Gasteiger partial charge on any atom is 0.157 e. The van der Waals surface area contributed by atoms with Crippen molar-refractivity contribution in [2.75, 3.05) is 16.8 Å². The number of benzene rings is 2. The summed E-state index contributed by atoms with van der Waals surface area (Å²) in [6.07, 6.45) is 4.02. The molecule has 1 N–H and O–H groups in total. The first-order valence-corrected chi connectivity index (χ1v) is 11.4. The van der Waals surface area contributed by atoms with E-state index in [4.69, 9.17) is 0 Å².